The summed E-state index contributed by atoms with van der Waals surface area (Å²) in [5.41, 5.74) is 2.27. The first kappa shape index (κ1) is 18.3. The zero-order chi connectivity index (χ0) is 18.2. The van der Waals surface area contributed by atoms with Gasteiger partial charge in [0.15, 0.2) is 9.84 Å². The Morgan fingerprint density at radius 1 is 1.28 bits per heavy atom. The molecule has 1 aromatic rings. The lowest BCUT2D eigenvalue weighted by molar-refractivity contribution is -0.132. The molecule has 0 radical (unpaired) electrons. The number of sulfonamides is 1. The van der Waals surface area contributed by atoms with Crippen molar-refractivity contribution in [3.63, 3.8) is 0 Å². The van der Waals surface area contributed by atoms with Gasteiger partial charge in [-0.05, 0) is 24.0 Å². The van der Waals surface area contributed by atoms with Gasteiger partial charge in [-0.3, -0.25) is 4.79 Å². The highest BCUT2D eigenvalue weighted by Gasteiger charge is 2.38. The van der Waals surface area contributed by atoms with Gasteiger partial charge in [0.05, 0.1) is 24.3 Å². The Labute approximate surface area is 148 Å². The zero-order valence-electron chi connectivity index (χ0n) is 14.1. The smallest absolute Gasteiger partial charge is 0.238 e. The molecule has 2 heterocycles. The Kier molecular flexibility index (Phi) is 4.91. The van der Waals surface area contributed by atoms with Gasteiger partial charge in [-0.2, -0.15) is 4.31 Å². The van der Waals surface area contributed by atoms with Crippen molar-refractivity contribution in [3.05, 3.63) is 35.4 Å². The average Bonchev–Trinajstić information content (AvgIpc) is 2.90. The molecule has 2 aliphatic rings. The van der Waals surface area contributed by atoms with Gasteiger partial charge in [-0.15, -0.1) is 0 Å². The van der Waals surface area contributed by atoms with Crippen LogP contribution in [0.4, 0.5) is 0 Å². The van der Waals surface area contributed by atoms with E-state index in [1.807, 2.05) is 24.3 Å². The first-order chi connectivity index (χ1) is 11.7. The molecule has 0 N–H and O–H groups in total. The number of carbonyl (C=O) groups excluding carboxylic acids is 1. The van der Waals surface area contributed by atoms with E-state index in [0.717, 1.165) is 22.5 Å². The summed E-state index contributed by atoms with van der Waals surface area (Å²) in [5, 5.41) is 0. The van der Waals surface area contributed by atoms with Crippen LogP contribution in [0.1, 0.15) is 17.5 Å². The molecule has 1 aromatic carbocycles. The van der Waals surface area contributed by atoms with Crippen LogP contribution in [-0.2, 0) is 37.6 Å². The first-order valence-corrected chi connectivity index (χ1v) is 11.8. The van der Waals surface area contributed by atoms with E-state index in [1.54, 1.807) is 4.90 Å². The van der Waals surface area contributed by atoms with Gasteiger partial charge in [0.1, 0.15) is 0 Å². The summed E-state index contributed by atoms with van der Waals surface area (Å²) in [6.07, 6.45) is 2.00. The molecule has 0 bridgehead atoms. The molecule has 0 saturated carbocycles. The van der Waals surface area contributed by atoms with Crippen LogP contribution in [0.25, 0.3) is 0 Å². The van der Waals surface area contributed by atoms with Gasteiger partial charge in [0.25, 0.3) is 0 Å². The van der Waals surface area contributed by atoms with Crippen LogP contribution in [0.15, 0.2) is 24.3 Å². The summed E-state index contributed by atoms with van der Waals surface area (Å²) in [4.78, 5) is 14.3. The number of carbonyl (C=O) groups is 1. The highest BCUT2D eigenvalue weighted by molar-refractivity contribution is 7.92. The van der Waals surface area contributed by atoms with E-state index in [-0.39, 0.29) is 30.4 Å². The fraction of sp³-hybridized carbons (Fsp3) is 0.562. The standard InChI is InChI=1S/C16H22N2O5S2/c1-24(20,21)18(15-7-9-25(22,23)12-15)11-16(19)17-8-6-13-4-2-3-5-14(13)10-17/h2-5,15H,6-12H2,1H3. The minimum Gasteiger partial charge on any atom is -0.337 e. The molecule has 1 unspecified atom stereocenters. The van der Waals surface area contributed by atoms with Crippen molar-refractivity contribution in [2.24, 2.45) is 0 Å². The zero-order valence-corrected chi connectivity index (χ0v) is 15.7. The van der Waals surface area contributed by atoms with E-state index < -0.39 is 25.9 Å². The van der Waals surface area contributed by atoms with Crippen molar-refractivity contribution in [3.8, 4) is 0 Å². The number of hydrogen-bond donors (Lipinski definition) is 0. The van der Waals surface area contributed by atoms with Crippen LogP contribution in [0.2, 0.25) is 0 Å². The second-order valence-corrected chi connectivity index (χ2v) is 10.9. The molecule has 1 atom stereocenters. The second-order valence-electron chi connectivity index (χ2n) is 6.70. The number of sulfone groups is 1. The monoisotopic (exact) mass is 386 g/mol. The third-order valence-corrected chi connectivity index (χ3v) is 7.85. The lowest BCUT2D eigenvalue weighted by atomic mass is 10.00. The summed E-state index contributed by atoms with van der Waals surface area (Å²) in [6.45, 7) is 0.688. The molecule has 1 amide bonds. The largest absolute Gasteiger partial charge is 0.337 e. The molecule has 0 spiro atoms. The van der Waals surface area contributed by atoms with E-state index in [0.29, 0.717) is 13.1 Å². The SMILES string of the molecule is CS(=O)(=O)N(CC(=O)N1CCc2ccccc2C1)C1CCS(=O)(=O)C1. The van der Waals surface area contributed by atoms with E-state index in [4.69, 9.17) is 0 Å². The minimum absolute atomic E-state index is 0.0328. The minimum atomic E-state index is -3.67. The number of nitrogens with zero attached hydrogens (tertiary/aromatic N) is 2. The fourth-order valence-electron chi connectivity index (χ4n) is 3.46. The van der Waals surface area contributed by atoms with Gasteiger partial charge in [0, 0.05) is 19.1 Å². The summed E-state index contributed by atoms with van der Waals surface area (Å²) in [5.74, 6) is -0.533. The lowest BCUT2D eigenvalue weighted by Crippen LogP contribution is -2.48. The molecule has 9 heteroatoms. The van der Waals surface area contributed by atoms with Crippen LogP contribution >= 0.6 is 0 Å². The molecular weight excluding hydrogens is 364 g/mol. The molecule has 138 valence electrons. The predicted octanol–water partition coefficient (Wildman–Crippen LogP) is 0.0200. The summed E-state index contributed by atoms with van der Waals surface area (Å²) < 4.78 is 48.6. The highest BCUT2D eigenvalue weighted by Crippen LogP contribution is 2.22. The Morgan fingerprint density at radius 3 is 2.56 bits per heavy atom. The highest BCUT2D eigenvalue weighted by atomic mass is 32.2. The number of benzene rings is 1. The van der Waals surface area contributed by atoms with Crippen LogP contribution in [-0.4, -0.2) is 68.8 Å². The van der Waals surface area contributed by atoms with Gasteiger partial charge in [0.2, 0.25) is 15.9 Å². The summed E-state index contributed by atoms with van der Waals surface area (Å²) in [7, 11) is -6.90. The number of amides is 1. The number of hydrogen-bond acceptors (Lipinski definition) is 5. The normalized spacial score (nSPS) is 22.8. The van der Waals surface area contributed by atoms with Gasteiger partial charge >= 0.3 is 0 Å². The van der Waals surface area contributed by atoms with Crippen molar-refractivity contribution < 1.29 is 21.6 Å². The van der Waals surface area contributed by atoms with Gasteiger partial charge in [-0.1, -0.05) is 24.3 Å². The van der Waals surface area contributed by atoms with Gasteiger partial charge in [-0.25, -0.2) is 16.8 Å². The molecule has 0 aromatic heterocycles. The first-order valence-electron chi connectivity index (χ1n) is 8.17. The Balaban J connectivity index is 1.73. The Morgan fingerprint density at radius 2 is 1.96 bits per heavy atom. The molecule has 2 aliphatic heterocycles. The second kappa shape index (κ2) is 6.69. The maximum atomic E-state index is 12.7. The van der Waals surface area contributed by atoms with Crippen LogP contribution in [0.5, 0.6) is 0 Å². The van der Waals surface area contributed by atoms with Crippen LogP contribution < -0.4 is 0 Å². The van der Waals surface area contributed by atoms with E-state index in [9.17, 15) is 21.6 Å². The van der Waals surface area contributed by atoms with Crippen molar-refractivity contribution in [2.45, 2.75) is 25.4 Å². The topological polar surface area (TPSA) is 91.8 Å². The maximum Gasteiger partial charge on any atom is 0.238 e. The van der Waals surface area contributed by atoms with Crippen molar-refractivity contribution in [2.75, 3.05) is 30.9 Å². The van der Waals surface area contributed by atoms with Crippen LogP contribution in [0, 0.1) is 0 Å². The van der Waals surface area contributed by atoms with Crippen LogP contribution in [0.3, 0.4) is 0 Å². The Hall–Kier alpha value is -1.45. The number of fused-ring (bicyclic) bond motifs is 1. The molecule has 1 fully saturated rings. The maximum absolute atomic E-state index is 12.7. The molecule has 0 aliphatic carbocycles. The lowest BCUT2D eigenvalue weighted by Gasteiger charge is -2.32. The van der Waals surface area contributed by atoms with Crippen molar-refractivity contribution in [1.82, 2.24) is 9.21 Å². The van der Waals surface area contributed by atoms with E-state index in [2.05, 4.69) is 0 Å². The molecule has 25 heavy (non-hydrogen) atoms. The third kappa shape index (κ3) is 4.21. The summed E-state index contributed by atoms with van der Waals surface area (Å²) in [6, 6.07) is 7.22. The van der Waals surface area contributed by atoms with E-state index >= 15 is 0 Å². The van der Waals surface area contributed by atoms with Crippen molar-refractivity contribution >= 4 is 25.8 Å². The van der Waals surface area contributed by atoms with Gasteiger partial charge < -0.3 is 4.90 Å². The third-order valence-electron chi connectivity index (χ3n) is 4.82. The molecule has 1 saturated heterocycles. The quantitative estimate of drug-likeness (QED) is 0.727. The van der Waals surface area contributed by atoms with E-state index in [1.165, 1.54) is 5.56 Å². The summed E-state index contributed by atoms with van der Waals surface area (Å²) >= 11 is 0. The Bertz CT molecular complexity index is 880. The molecular formula is C16H22N2O5S2. The predicted molar refractivity (Wildman–Crippen MR) is 94.2 cm³/mol. The number of rotatable bonds is 4. The average molecular weight is 386 g/mol. The molecule has 3 rings (SSSR count). The fourth-order valence-corrected chi connectivity index (χ4v) is 6.35. The molecule has 7 nitrogen and oxygen atoms in total. The van der Waals surface area contributed by atoms with Crippen molar-refractivity contribution in [1.29, 1.82) is 0 Å².